The van der Waals surface area contributed by atoms with Crippen molar-refractivity contribution in [3.05, 3.63) is 71.3 Å². The summed E-state index contributed by atoms with van der Waals surface area (Å²) in [5.41, 5.74) is 0.996. The second kappa shape index (κ2) is 19.2. The number of ether oxygens (including phenoxy) is 1. The van der Waals surface area contributed by atoms with Gasteiger partial charge in [-0.3, -0.25) is 14.2 Å². The van der Waals surface area contributed by atoms with Gasteiger partial charge < -0.3 is 29.5 Å². The smallest absolute Gasteiger partial charge is 0.408 e. The maximum atomic E-state index is 13.6. The number of carbonyl (C=O) groups excluding carboxylic acids is 3. The van der Waals surface area contributed by atoms with Crippen LogP contribution >= 0.6 is 7.60 Å². The maximum Gasteiger partial charge on any atom is 0.408 e. The van der Waals surface area contributed by atoms with Crippen LogP contribution < -0.4 is 10.6 Å². The molecule has 0 saturated carbocycles. The molecule has 3 N–H and O–H groups in total. The summed E-state index contributed by atoms with van der Waals surface area (Å²) in [6.07, 6.45) is 0.564. The quantitative estimate of drug-likeness (QED) is 0.137. The lowest BCUT2D eigenvalue weighted by Crippen LogP contribution is -2.51. The van der Waals surface area contributed by atoms with Gasteiger partial charge >= 0.3 is 13.7 Å². The number of unbranched alkanes of at least 4 members (excludes halogenated alkanes) is 2. The van der Waals surface area contributed by atoms with Crippen molar-refractivity contribution >= 4 is 25.4 Å². The van der Waals surface area contributed by atoms with E-state index in [9.17, 15) is 32.8 Å². The molecule has 2 amide bonds. The van der Waals surface area contributed by atoms with Gasteiger partial charge in [-0.1, -0.05) is 43.2 Å². The Kier molecular flexibility index (Phi) is 16.1. The highest BCUT2D eigenvalue weighted by atomic mass is 31.2. The van der Waals surface area contributed by atoms with Crippen molar-refractivity contribution in [3.63, 3.8) is 0 Å². The third-order valence-corrected chi connectivity index (χ3v) is 8.31. The van der Waals surface area contributed by atoms with Crippen LogP contribution in [0.25, 0.3) is 0 Å². The van der Waals surface area contributed by atoms with Gasteiger partial charge in [0, 0.05) is 12.5 Å². The average Bonchev–Trinajstić information content (AvgIpc) is 2.95. The van der Waals surface area contributed by atoms with Crippen LogP contribution in [-0.4, -0.2) is 61.0 Å². The first kappa shape index (κ1) is 36.0. The maximum absolute atomic E-state index is 13.6. The zero-order valence-corrected chi connectivity index (χ0v) is 25.5. The molecule has 0 heterocycles. The van der Waals surface area contributed by atoms with Gasteiger partial charge in [-0.05, 0) is 56.4 Å². The number of halogens is 2. The van der Waals surface area contributed by atoms with Crippen molar-refractivity contribution in [2.45, 2.75) is 71.1 Å². The summed E-state index contributed by atoms with van der Waals surface area (Å²) in [6.45, 7) is 3.12. The fourth-order valence-electron chi connectivity index (χ4n) is 4.32. The van der Waals surface area contributed by atoms with Crippen LogP contribution in [0.2, 0.25) is 0 Å². The molecule has 0 aromatic heterocycles. The van der Waals surface area contributed by atoms with Gasteiger partial charge in [0.15, 0.2) is 0 Å². The predicted octanol–water partition coefficient (Wildman–Crippen LogP) is 5.07. The van der Waals surface area contributed by atoms with Crippen LogP contribution in [0.15, 0.2) is 48.5 Å². The molecule has 0 fully saturated rings. The second-order valence-electron chi connectivity index (χ2n) is 9.87. The summed E-state index contributed by atoms with van der Waals surface area (Å²) >= 11 is 0. The fraction of sp³-hybridized carbons (Fsp3) is 0.500. The minimum Gasteiger partial charge on any atom is -0.445 e. The summed E-state index contributed by atoms with van der Waals surface area (Å²) in [4.78, 5) is 38.0. The summed E-state index contributed by atoms with van der Waals surface area (Å²) in [5.74, 6) is -2.44. The Labute approximate surface area is 251 Å². The highest BCUT2D eigenvalue weighted by Crippen LogP contribution is 2.48. The Bertz CT molecular complexity index is 1190. The number of ketones is 1. The molecule has 0 aliphatic carbocycles. The number of alkyl carbamates (subject to hydrolysis) is 1. The molecular weight excluding hydrogens is 585 g/mol. The number of aliphatic hydroxyl groups excluding tert-OH is 1. The molecule has 2 rings (SSSR count). The minimum absolute atomic E-state index is 0.0130. The molecule has 13 heteroatoms. The van der Waals surface area contributed by atoms with Crippen molar-refractivity contribution in [3.8, 4) is 0 Å². The van der Waals surface area contributed by atoms with Crippen LogP contribution in [0.5, 0.6) is 0 Å². The Hall–Kier alpha value is -3.18. The molecule has 1 unspecified atom stereocenters. The van der Waals surface area contributed by atoms with E-state index in [2.05, 4.69) is 10.6 Å². The van der Waals surface area contributed by atoms with E-state index in [-0.39, 0.29) is 56.6 Å². The van der Waals surface area contributed by atoms with Crippen LogP contribution in [0.1, 0.15) is 57.1 Å². The van der Waals surface area contributed by atoms with Gasteiger partial charge in [0.2, 0.25) is 5.91 Å². The minimum atomic E-state index is -3.48. The van der Waals surface area contributed by atoms with Gasteiger partial charge in [-0.2, -0.15) is 0 Å². The van der Waals surface area contributed by atoms with E-state index in [1.165, 1.54) is 0 Å². The van der Waals surface area contributed by atoms with Gasteiger partial charge in [0.05, 0.1) is 25.9 Å². The number of benzene rings is 2. The normalized spacial score (nSPS) is 12.8. The van der Waals surface area contributed by atoms with Crippen molar-refractivity contribution < 1.29 is 46.6 Å². The number of aliphatic hydroxyl groups is 1. The first-order chi connectivity index (χ1) is 20.6. The van der Waals surface area contributed by atoms with E-state index < -0.39 is 49.9 Å². The molecular formula is C30H41F2N2O8P. The standard InChI is InChI=1S/C30H41F2N2O8P/c1-3-41-43(39,42-4-2)21-27(36)13-9-6-10-14-28(34-30(38)40-20-22-11-7-5-8-12-22)29(37)33-26(19-35)17-23-15-24(31)18-25(32)16-23/h5,7-8,11-12,15-16,18,26,28,35H,3-4,6,9-10,13-14,17,19-21H2,1-2H3,(H,33,37)(H,34,38)/t26-,28?/m0/s1. The number of nitrogens with one attached hydrogen (secondary N) is 2. The largest absolute Gasteiger partial charge is 0.445 e. The molecule has 2 atom stereocenters. The third-order valence-electron chi connectivity index (χ3n) is 6.26. The first-order valence-electron chi connectivity index (χ1n) is 14.3. The van der Waals surface area contributed by atoms with Crippen molar-refractivity contribution in [2.24, 2.45) is 0 Å². The molecule has 0 spiro atoms. The summed E-state index contributed by atoms with van der Waals surface area (Å²) in [5, 5.41) is 15.0. The lowest BCUT2D eigenvalue weighted by Gasteiger charge is -2.22. The Morgan fingerprint density at radius 3 is 2.16 bits per heavy atom. The number of hydrogen-bond donors (Lipinski definition) is 3. The van der Waals surface area contributed by atoms with Crippen LogP contribution in [0.3, 0.4) is 0 Å². The van der Waals surface area contributed by atoms with E-state index in [1.54, 1.807) is 38.1 Å². The molecule has 2 aromatic carbocycles. The van der Waals surface area contributed by atoms with E-state index in [0.717, 1.165) is 23.8 Å². The SMILES string of the molecule is CCOP(=O)(CC(=O)CCCCCC(NC(=O)OCc1ccccc1)C(=O)N[C@H](CO)Cc1cc(F)cc(F)c1)OCC. The van der Waals surface area contributed by atoms with E-state index in [1.807, 2.05) is 6.07 Å². The summed E-state index contributed by atoms with van der Waals surface area (Å²) in [7, 11) is -3.48. The third kappa shape index (κ3) is 14.2. The molecule has 10 nitrogen and oxygen atoms in total. The predicted molar refractivity (Wildman–Crippen MR) is 156 cm³/mol. The van der Waals surface area contributed by atoms with Gasteiger partial charge in [0.25, 0.3) is 0 Å². The van der Waals surface area contributed by atoms with Crippen LogP contribution in [0, 0.1) is 11.6 Å². The molecule has 0 aliphatic heterocycles. The highest BCUT2D eigenvalue weighted by Gasteiger charge is 2.27. The van der Waals surface area contributed by atoms with Crippen molar-refractivity contribution in [1.82, 2.24) is 10.6 Å². The number of amides is 2. The fourth-order valence-corrected chi connectivity index (χ4v) is 5.95. The van der Waals surface area contributed by atoms with E-state index in [0.29, 0.717) is 19.3 Å². The first-order valence-corrected chi connectivity index (χ1v) is 16.0. The lowest BCUT2D eigenvalue weighted by molar-refractivity contribution is -0.124. The van der Waals surface area contributed by atoms with Crippen LogP contribution in [0.4, 0.5) is 13.6 Å². The Morgan fingerprint density at radius 2 is 1.56 bits per heavy atom. The monoisotopic (exact) mass is 626 g/mol. The summed E-state index contributed by atoms with van der Waals surface area (Å²) in [6, 6.07) is 9.99. The van der Waals surface area contributed by atoms with Crippen molar-refractivity contribution in [2.75, 3.05) is 26.0 Å². The summed E-state index contributed by atoms with van der Waals surface area (Å²) < 4.78 is 55.4. The van der Waals surface area contributed by atoms with Gasteiger partial charge in [0.1, 0.15) is 36.2 Å². The molecule has 43 heavy (non-hydrogen) atoms. The Morgan fingerprint density at radius 1 is 0.907 bits per heavy atom. The molecule has 0 radical (unpaired) electrons. The average molecular weight is 627 g/mol. The molecule has 0 aliphatic rings. The highest BCUT2D eigenvalue weighted by molar-refractivity contribution is 7.54. The Balaban J connectivity index is 1.96. The molecule has 0 saturated heterocycles. The number of Topliss-reactive ketones (excluding diaryl/α,β-unsaturated/α-hetero) is 1. The lowest BCUT2D eigenvalue weighted by atomic mass is 10.0. The number of hydrogen-bond acceptors (Lipinski definition) is 8. The molecule has 0 bridgehead atoms. The van der Waals surface area contributed by atoms with E-state index >= 15 is 0 Å². The number of rotatable bonds is 20. The zero-order chi connectivity index (χ0) is 31.7. The zero-order valence-electron chi connectivity index (χ0n) is 24.6. The topological polar surface area (TPSA) is 140 Å². The second-order valence-corrected chi connectivity index (χ2v) is 11.9. The van der Waals surface area contributed by atoms with E-state index in [4.69, 9.17) is 13.8 Å². The van der Waals surface area contributed by atoms with Crippen LogP contribution in [-0.2, 0) is 41.0 Å². The van der Waals surface area contributed by atoms with Crippen molar-refractivity contribution in [1.29, 1.82) is 0 Å². The van der Waals surface area contributed by atoms with Gasteiger partial charge in [-0.15, -0.1) is 0 Å². The molecule has 2 aromatic rings. The van der Waals surface area contributed by atoms with Gasteiger partial charge in [-0.25, -0.2) is 13.6 Å². The molecule has 238 valence electrons. The number of carbonyl (C=O) groups is 3.